The molecule has 0 spiro atoms. The molecule has 2 heterocycles. The SMILES string of the molecule is COCCN1C(=O)c2ccccc2[C@H](C(=O)NC[C@H]2CCCO2)[C@@H]1c1ccccc1. The van der Waals surface area contributed by atoms with E-state index in [2.05, 4.69) is 5.32 Å². The largest absolute Gasteiger partial charge is 0.383 e. The molecule has 6 nitrogen and oxygen atoms in total. The van der Waals surface area contributed by atoms with Gasteiger partial charge in [-0.15, -0.1) is 0 Å². The molecule has 1 N–H and O–H groups in total. The molecule has 158 valence electrons. The third-order valence-electron chi connectivity index (χ3n) is 5.93. The van der Waals surface area contributed by atoms with Crippen molar-refractivity contribution in [3.8, 4) is 0 Å². The molecule has 0 radical (unpaired) electrons. The maximum absolute atomic E-state index is 13.5. The number of carbonyl (C=O) groups is 2. The van der Waals surface area contributed by atoms with Crippen molar-refractivity contribution in [2.45, 2.75) is 30.9 Å². The van der Waals surface area contributed by atoms with Crippen molar-refractivity contribution >= 4 is 11.8 Å². The van der Waals surface area contributed by atoms with Crippen LogP contribution in [0, 0.1) is 0 Å². The Morgan fingerprint density at radius 3 is 2.67 bits per heavy atom. The molecule has 1 fully saturated rings. The molecule has 0 aliphatic carbocycles. The Bertz CT molecular complexity index is 880. The van der Waals surface area contributed by atoms with Crippen molar-refractivity contribution in [1.82, 2.24) is 10.2 Å². The van der Waals surface area contributed by atoms with E-state index in [4.69, 9.17) is 9.47 Å². The topological polar surface area (TPSA) is 67.9 Å². The number of carbonyl (C=O) groups excluding carboxylic acids is 2. The van der Waals surface area contributed by atoms with Crippen LogP contribution in [0.5, 0.6) is 0 Å². The van der Waals surface area contributed by atoms with Gasteiger partial charge in [0.25, 0.3) is 5.91 Å². The Balaban J connectivity index is 1.72. The summed E-state index contributed by atoms with van der Waals surface area (Å²) in [6, 6.07) is 16.8. The van der Waals surface area contributed by atoms with E-state index in [-0.39, 0.29) is 17.9 Å². The first-order valence-corrected chi connectivity index (χ1v) is 10.5. The molecule has 2 aliphatic rings. The van der Waals surface area contributed by atoms with E-state index in [1.54, 1.807) is 18.1 Å². The number of hydrogen-bond donors (Lipinski definition) is 1. The number of nitrogens with one attached hydrogen (secondary N) is 1. The summed E-state index contributed by atoms with van der Waals surface area (Å²) in [7, 11) is 1.62. The molecular weight excluding hydrogens is 380 g/mol. The number of hydrogen-bond acceptors (Lipinski definition) is 4. The van der Waals surface area contributed by atoms with Gasteiger partial charge in [0.05, 0.1) is 24.7 Å². The zero-order chi connectivity index (χ0) is 20.9. The number of ether oxygens (including phenoxy) is 2. The number of amides is 2. The summed E-state index contributed by atoms with van der Waals surface area (Å²) >= 11 is 0. The first kappa shape index (κ1) is 20.6. The fourth-order valence-electron chi connectivity index (χ4n) is 4.46. The Kier molecular flexibility index (Phi) is 6.45. The minimum Gasteiger partial charge on any atom is -0.383 e. The van der Waals surface area contributed by atoms with Crippen LogP contribution in [0.2, 0.25) is 0 Å². The first-order valence-electron chi connectivity index (χ1n) is 10.5. The Labute approximate surface area is 177 Å². The highest BCUT2D eigenvalue weighted by molar-refractivity contribution is 6.01. The highest BCUT2D eigenvalue weighted by atomic mass is 16.5. The van der Waals surface area contributed by atoms with Crippen molar-refractivity contribution < 1.29 is 19.1 Å². The molecule has 2 amide bonds. The van der Waals surface area contributed by atoms with Crippen molar-refractivity contribution in [3.63, 3.8) is 0 Å². The summed E-state index contributed by atoms with van der Waals surface area (Å²) in [5.74, 6) is -0.652. The van der Waals surface area contributed by atoms with Crippen molar-refractivity contribution in [3.05, 3.63) is 71.3 Å². The molecular formula is C24H28N2O4. The predicted molar refractivity (Wildman–Crippen MR) is 113 cm³/mol. The Morgan fingerprint density at radius 1 is 1.17 bits per heavy atom. The molecule has 2 aliphatic heterocycles. The monoisotopic (exact) mass is 408 g/mol. The van der Waals surface area contributed by atoms with E-state index < -0.39 is 12.0 Å². The number of methoxy groups -OCH3 is 1. The Morgan fingerprint density at radius 2 is 1.93 bits per heavy atom. The minimum absolute atomic E-state index is 0.0641. The summed E-state index contributed by atoms with van der Waals surface area (Å²) < 4.78 is 10.9. The lowest BCUT2D eigenvalue weighted by atomic mass is 9.79. The summed E-state index contributed by atoms with van der Waals surface area (Å²) in [5.41, 5.74) is 2.29. The van der Waals surface area contributed by atoms with Crippen LogP contribution in [-0.4, -0.2) is 56.2 Å². The molecule has 6 heteroatoms. The van der Waals surface area contributed by atoms with Crippen LogP contribution in [0.25, 0.3) is 0 Å². The zero-order valence-electron chi connectivity index (χ0n) is 17.3. The van der Waals surface area contributed by atoms with E-state index in [1.807, 2.05) is 48.5 Å². The lowest BCUT2D eigenvalue weighted by Crippen LogP contribution is -2.49. The maximum atomic E-state index is 13.5. The molecule has 3 atom stereocenters. The van der Waals surface area contributed by atoms with Gasteiger partial charge in [-0.2, -0.15) is 0 Å². The lowest BCUT2D eigenvalue weighted by molar-refractivity contribution is -0.124. The second-order valence-corrected chi connectivity index (χ2v) is 7.79. The minimum atomic E-state index is -0.500. The van der Waals surface area contributed by atoms with Crippen LogP contribution in [0.3, 0.4) is 0 Å². The van der Waals surface area contributed by atoms with Gasteiger partial charge in [0.2, 0.25) is 5.91 Å². The Hall–Kier alpha value is -2.70. The molecule has 30 heavy (non-hydrogen) atoms. The van der Waals surface area contributed by atoms with Crippen LogP contribution >= 0.6 is 0 Å². The van der Waals surface area contributed by atoms with Gasteiger partial charge in [-0.05, 0) is 30.0 Å². The van der Waals surface area contributed by atoms with E-state index >= 15 is 0 Å². The maximum Gasteiger partial charge on any atom is 0.254 e. The summed E-state index contributed by atoms with van der Waals surface area (Å²) in [5, 5.41) is 3.09. The molecule has 0 unspecified atom stereocenters. The number of fused-ring (bicyclic) bond motifs is 1. The van der Waals surface area contributed by atoms with Crippen LogP contribution in [0.15, 0.2) is 54.6 Å². The predicted octanol–water partition coefficient (Wildman–Crippen LogP) is 2.91. The van der Waals surface area contributed by atoms with Gasteiger partial charge in [0.1, 0.15) is 0 Å². The highest BCUT2D eigenvalue weighted by Crippen LogP contribution is 2.42. The molecule has 0 aromatic heterocycles. The van der Waals surface area contributed by atoms with Crippen LogP contribution in [0.4, 0.5) is 0 Å². The number of benzene rings is 2. The average molecular weight is 408 g/mol. The van der Waals surface area contributed by atoms with Gasteiger partial charge >= 0.3 is 0 Å². The van der Waals surface area contributed by atoms with Crippen LogP contribution < -0.4 is 5.32 Å². The molecule has 2 aromatic rings. The summed E-state index contributed by atoms with van der Waals surface area (Å²) in [6.45, 7) is 2.06. The van der Waals surface area contributed by atoms with Crippen LogP contribution in [0.1, 0.15) is 46.3 Å². The van der Waals surface area contributed by atoms with E-state index in [1.165, 1.54) is 0 Å². The standard InChI is InChI=1S/C24H28N2O4/c1-29-15-13-26-22(17-8-3-2-4-9-17)21(19-11-5-6-12-20(19)24(26)28)23(27)25-16-18-10-7-14-30-18/h2-6,8-9,11-12,18,21-22H,7,10,13-16H2,1H3,(H,25,27)/t18-,21+,22+/m1/s1. The fourth-order valence-corrected chi connectivity index (χ4v) is 4.46. The first-order chi connectivity index (χ1) is 14.7. The van der Waals surface area contributed by atoms with Crippen molar-refractivity contribution in [2.75, 3.05) is 33.4 Å². The molecule has 0 saturated carbocycles. The summed E-state index contributed by atoms with van der Waals surface area (Å²) in [4.78, 5) is 28.6. The molecule has 0 bridgehead atoms. The second kappa shape index (κ2) is 9.41. The number of nitrogens with zero attached hydrogens (tertiary/aromatic N) is 1. The van der Waals surface area contributed by atoms with E-state index in [9.17, 15) is 9.59 Å². The smallest absolute Gasteiger partial charge is 0.254 e. The van der Waals surface area contributed by atoms with Crippen LogP contribution in [-0.2, 0) is 14.3 Å². The summed E-state index contributed by atoms with van der Waals surface area (Å²) in [6.07, 6.45) is 2.05. The van der Waals surface area contributed by atoms with Gasteiger partial charge in [-0.3, -0.25) is 9.59 Å². The van der Waals surface area contributed by atoms with Crippen molar-refractivity contribution in [2.24, 2.45) is 0 Å². The zero-order valence-corrected chi connectivity index (χ0v) is 17.3. The third kappa shape index (κ3) is 4.11. The molecule has 2 aromatic carbocycles. The van der Waals surface area contributed by atoms with E-state index in [0.717, 1.165) is 30.6 Å². The van der Waals surface area contributed by atoms with Gasteiger partial charge in [-0.1, -0.05) is 48.5 Å². The van der Waals surface area contributed by atoms with E-state index in [0.29, 0.717) is 25.3 Å². The molecule has 4 rings (SSSR count). The average Bonchev–Trinajstić information content (AvgIpc) is 3.31. The third-order valence-corrected chi connectivity index (χ3v) is 5.93. The lowest BCUT2D eigenvalue weighted by Gasteiger charge is -2.41. The normalized spacial score (nSPS) is 23.3. The van der Waals surface area contributed by atoms with Gasteiger partial charge < -0.3 is 19.7 Å². The fraction of sp³-hybridized carbons (Fsp3) is 0.417. The van der Waals surface area contributed by atoms with Gasteiger partial charge in [0, 0.05) is 32.4 Å². The molecule has 1 saturated heterocycles. The second-order valence-electron chi connectivity index (χ2n) is 7.79. The number of rotatable bonds is 7. The van der Waals surface area contributed by atoms with Gasteiger partial charge in [-0.25, -0.2) is 0 Å². The van der Waals surface area contributed by atoms with Crippen molar-refractivity contribution in [1.29, 1.82) is 0 Å². The highest BCUT2D eigenvalue weighted by Gasteiger charge is 2.43. The van der Waals surface area contributed by atoms with Gasteiger partial charge in [0.15, 0.2) is 0 Å². The quantitative estimate of drug-likeness (QED) is 0.765.